The molecule has 6 nitrogen and oxygen atoms in total. The Morgan fingerprint density at radius 1 is 1.27 bits per heavy atom. The first-order valence-corrected chi connectivity index (χ1v) is 9.98. The molecule has 0 aliphatic rings. The average Bonchev–Trinajstić information content (AvgIpc) is 3.13. The van der Waals surface area contributed by atoms with Gasteiger partial charge >= 0.3 is 0 Å². The average molecular weight is 440 g/mol. The quantitative estimate of drug-likeness (QED) is 0.440. The predicted octanol–water partition coefficient (Wildman–Crippen LogP) is 5.54. The monoisotopic (exact) mass is 439 g/mol. The highest BCUT2D eigenvalue weighted by atomic mass is 35.5. The molecule has 0 radical (unpaired) electrons. The zero-order valence-corrected chi connectivity index (χ0v) is 17.6. The van der Waals surface area contributed by atoms with Crippen LogP contribution in [0.3, 0.4) is 0 Å². The Balaban J connectivity index is 1.65. The van der Waals surface area contributed by atoms with Crippen molar-refractivity contribution >= 4 is 45.8 Å². The molecule has 4 rings (SSSR count). The molecule has 0 aliphatic heterocycles. The maximum absolute atomic E-state index is 14.1. The van der Waals surface area contributed by atoms with Crippen LogP contribution >= 0.6 is 23.4 Å². The number of hydrogen-bond donors (Lipinski definition) is 1. The molecule has 0 amide bonds. The summed E-state index contributed by atoms with van der Waals surface area (Å²) in [5.74, 6) is -0.108. The van der Waals surface area contributed by atoms with Crippen molar-refractivity contribution in [3.63, 3.8) is 0 Å². The summed E-state index contributed by atoms with van der Waals surface area (Å²) in [7, 11) is 3.30. The largest absolute Gasteiger partial charge is 0.494 e. The van der Waals surface area contributed by atoms with Crippen LogP contribution in [0, 0.1) is 17.1 Å². The molecule has 30 heavy (non-hydrogen) atoms. The zero-order chi connectivity index (χ0) is 21.3. The summed E-state index contributed by atoms with van der Waals surface area (Å²) in [5.41, 5.74) is 1.38. The Morgan fingerprint density at radius 3 is 2.77 bits per heavy atom. The number of nitrogens with zero attached hydrogens (tertiary/aromatic N) is 4. The number of benzene rings is 2. The van der Waals surface area contributed by atoms with E-state index in [9.17, 15) is 9.65 Å². The Hall–Kier alpha value is -3.28. The molecule has 0 saturated heterocycles. The van der Waals surface area contributed by atoms with Gasteiger partial charge in [0.25, 0.3) is 0 Å². The molecule has 0 spiro atoms. The fourth-order valence-corrected chi connectivity index (χ4v) is 3.96. The van der Waals surface area contributed by atoms with Crippen LogP contribution in [0.15, 0.2) is 58.8 Å². The van der Waals surface area contributed by atoms with Crippen LogP contribution in [0.2, 0.25) is 5.02 Å². The van der Waals surface area contributed by atoms with E-state index in [2.05, 4.69) is 21.4 Å². The third-order valence-corrected chi connectivity index (χ3v) is 5.96. The molecule has 2 aromatic carbocycles. The number of pyridine rings is 1. The maximum Gasteiger partial charge on any atom is 0.172 e. The lowest BCUT2D eigenvalue weighted by Gasteiger charge is -2.12. The first-order valence-electron chi connectivity index (χ1n) is 8.78. The molecule has 9 heteroatoms. The second kappa shape index (κ2) is 8.22. The smallest absolute Gasteiger partial charge is 0.172 e. The van der Waals surface area contributed by atoms with Crippen molar-refractivity contribution in [3.05, 3.63) is 65.2 Å². The van der Waals surface area contributed by atoms with Gasteiger partial charge in [-0.05, 0) is 30.3 Å². The molecular weight excluding hydrogens is 425 g/mol. The van der Waals surface area contributed by atoms with Crippen molar-refractivity contribution in [3.8, 4) is 11.8 Å². The van der Waals surface area contributed by atoms with Crippen molar-refractivity contribution in [2.45, 2.75) is 10.1 Å². The van der Waals surface area contributed by atoms with E-state index in [4.69, 9.17) is 16.3 Å². The summed E-state index contributed by atoms with van der Waals surface area (Å²) in [6.45, 7) is 0. The number of methoxy groups -OCH3 is 1. The molecule has 0 bridgehead atoms. The van der Waals surface area contributed by atoms with Crippen molar-refractivity contribution < 1.29 is 9.13 Å². The van der Waals surface area contributed by atoms with Gasteiger partial charge < -0.3 is 14.6 Å². The fourth-order valence-electron chi connectivity index (χ4n) is 2.86. The predicted molar refractivity (Wildman–Crippen MR) is 115 cm³/mol. The van der Waals surface area contributed by atoms with Crippen LogP contribution in [0.25, 0.3) is 10.9 Å². The summed E-state index contributed by atoms with van der Waals surface area (Å²) in [5, 5.41) is 14.6. The number of anilines is 2. The summed E-state index contributed by atoms with van der Waals surface area (Å²) < 4.78 is 21.0. The van der Waals surface area contributed by atoms with Crippen LogP contribution in [-0.2, 0) is 7.05 Å². The van der Waals surface area contributed by atoms with Gasteiger partial charge in [0.05, 0.1) is 23.2 Å². The second-order valence-corrected chi connectivity index (χ2v) is 7.79. The van der Waals surface area contributed by atoms with Crippen LogP contribution in [0.4, 0.5) is 15.9 Å². The fraction of sp³-hybridized carbons (Fsp3) is 0.0952. The SMILES string of the molecule is COc1cc2cc(C#N)c(Nc3ccc(Sc4nccn4C)c(Cl)c3)nc2cc1F. The zero-order valence-electron chi connectivity index (χ0n) is 16.0. The first-order chi connectivity index (χ1) is 14.5. The third-order valence-electron chi connectivity index (χ3n) is 4.38. The van der Waals surface area contributed by atoms with Gasteiger partial charge in [-0.2, -0.15) is 5.26 Å². The normalized spacial score (nSPS) is 10.8. The number of imidazole rings is 1. The summed E-state index contributed by atoms with van der Waals surface area (Å²) in [4.78, 5) is 9.54. The lowest BCUT2D eigenvalue weighted by Crippen LogP contribution is -1.99. The summed E-state index contributed by atoms with van der Waals surface area (Å²) in [6.07, 6.45) is 3.58. The van der Waals surface area contributed by atoms with E-state index in [0.29, 0.717) is 33.0 Å². The van der Waals surface area contributed by atoms with E-state index in [-0.39, 0.29) is 5.75 Å². The molecule has 0 saturated carbocycles. The number of ether oxygens (including phenoxy) is 1. The van der Waals surface area contributed by atoms with E-state index >= 15 is 0 Å². The maximum atomic E-state index is 14.1. The standard InChI is InChI=1S/C21H15ClFN5OS/c1-28-6-5-25-21(28)30-19-4-3-14(9-15(19)22)26-20-13(11-24)7-12-8-18(29-2)16(23)10-17(12)27-20/h3-10H,1-2H3,(H,26,27). The van der Waals surface area contributed by atoms with Crippen LogP contribution in [-0.4, -0.2) is 21.6 Å². The van der Waals surface area contributed by atoms with Crippen molar-refractivity contribution in [2.75, 3.05) is 12.4 Å². The van der Waals surface area contributed by atoms with Gasteiger partial charge in [0, 0.05) is 41.5 Å². The van der Waals surface area contributed by atoms with E-state index in [1.165, 1.54) is 31.0 Å². The first kappa shape index (κ1) is 20.0. The molecule has 0 atom stereocenters. The number of nitriles is 1. The van der Waals surface area contributed by atoms with Gasteiger partial charge in [-0.1, -0.05) is 23.4 Å². The molecule has 0 unspecified atom stereocenters. The highest BCUT2D eigenvalue weighted by Gasteiger charge is 2.13. The van der Waals surface area contributed by atoms with Gasteiger partial charge in [-0.25, -0.2) is 14.4 Å². The van der Waals surface area contributed by atoms with Crippen molar-refractivity contribution in [2.24, 2.45) is 7.05 Å². The number of halogens is 2. The number of fused-ring (bicyclic) bond motifs is 1. The molecule has 4 aromatic rings. The Labute approximate surface area is 181 Å². The van der Waals surface area contributed by atoms with Gasteiger partial charge in [0.2, 0.25) is 0 Å². The molecule has 150 valence electrons. The lowest BCUT2D eigenvalue weighted by atomic mass is 10.1. The summed E-state index contributed by atoms with van der Waals surface area (Å²) in [6, 6.07) is 12.0. The Morgan fingerprint density at radius 2 is 2.10 bits per heavy atom. The topological polar surface area (TPSA) is 75.8 Å². The van der Waals surface area contributed by atoms with E-state index in [0.717, 1.165) is 10.1 Å². The molecule has 0 fully saturated rings. The van der Waals surface area contributed by atoms with Crippen LogP contribution in [0.1, 0.15) is 5.56 Å². The van der Waals surface area contributed by atoms with Crippen LogP contribution < -0.4 is 10.1 Å². The van der Waals surface area contributed by atoms with Crippen molar-refractivity contribution in [1.82, 2.24) is 14.5 Å². The third kappa shape index (κ3) is 3.90. The van der Waals surface area contributed by atoms with Crippen molar-refractivity contribution in [1.29, 1.82) is 5.26 Å². The van der Waals surface area contributed by atoms with E-state index in [1.54, 1.807) is 18.3 Å². The van der Waals surface area contributed by atoms with E-state index in [1.807, 2.05) is 29.9 Å². The minimum atomic E-state index is -0.521. The number of nitrogens with one attached hydrogen (secondary N) is 1. The Bertz CT molecular complexity index is 1300. The lowest BCUT2D eigenvalue weighted by molar-refractivity contribution is 0.387. The number of hydrogen-bond acceptors (Lipinski definition) is 6. The summed E-state index contributed by atoms with van der Waals surface area (Å²) >= 11 is 7.89. The van der Waals surface area contributed by atoms with Gasteiger partial charge in [0.1, 0.15) is 11.9 Å². The molecule has 0 aliphatic carbocycles. The molecule has 2 aromatic heterocycles. The number of rotatable bonds is 5. The second-order valence-electron chi connectivity index (χ2n) is 6.37. The molecule has 2 heterocycles. The highest BCUT2D eigenvalue weighted by molar-refractivity contribution is 7.99. The Kier molecular flexibility index (Phi) is 5.48. The van der Waals surface area contributed by atoms with E-state index < -0.39 is 5.82 Å². The van der Waals surface area contributed by atoms with Gasteiger partial charge in [0.15, 0.2) is 16.7 Å². The van der Waals surface area contributed by atoms with Crippen LogP contribution in [0.5, 0.6) is 5.75 Å². The minimum Gasteiger partial charge on any atom is -0.494 e. The number of aryl methyl sites for hydroxylation is 1. The minimum absolute atomic E-state index is 0.0986. The molecule has 1 N–H and O–H groups in total. The van der Waals surface area contributed by atoms with Gasteiger partial charge in [-0.3, -0.25) is 0 Å². The van der Waals surface area contributed by atoms with Gasteiger partial charge in [-0.15, -0.1) is 0 Å². The highest BCUT2D eigenvalue weighted by Crippen LogP contribution is 2.35. The number of aromatic nitrogens is 3. The molecular formula is C21H15ClFN5OS.